The van der Waals surface area contributed by atoms with Crippen LogP contribution in [0.5, 0.6) is 5.75 Å². The van der Waals surface area contributed by atoms with E-state index in [1.165, 1.54) is 19.3 Å². The molecule has 1 aromatic carbocycles. The Balaban J connectivity index is 1.46. The van der Waals surface area contributed by atoms with Crippen LogP contribution in [0.4, 0.5) is 5.69 Å². The maximum Gasteiger partial charge on any atom is 0.251 e. The molecule has 4 atom stereocenters. The Morgan fingerprint density at radius 3 is 2.67 bits per heavy atom. The van der Waals surface area contributed by atoms with Gasteiger partial charge < -0.3 is 15.8 Å². The minimum atomic E-state index is -0.0120. The predicted octanol–water partition coefficient (Wildman–Crippen LogP) is 2.44. The predicted molar refractivity (Wildman–Crippen MR) is 81.1 cm³/mol. The van der Waals surface area contributed by atoms with Crippen molar-refractivity contribution in [2.45, 2.75) is 32.2 Å². The molecule has 4 rings (SSSR count). The van der Waals surface area contributed by atoms with Crippen molar-refractivity contribution in [1.82, 2.24) is 5.32 Å². The first-order chi connectivity index (χ1) is 10.2. The van der Waals surface area contributed by atoms with Gasteiger partial charge in [-0.15, -0.1) is 0 Å². The number of nitrogens with one attached hydrogen (secondary N) is 1. The molecule has 0 radical (unpaired) electrons. The van der Waals surface area contributed by atoms with Crippen LogP contribution in [-0.4, -0.2) is 18.6 Å². The molecule has 21 heavy (non-hydrogen) atoms. The average molecular weight is 286 g/mol. The van der Waals surface area contributed by atoms with E-state index < -0.39 is 0 Å². The molecule has 0 saturated heterocycles. The number of amides is 1. The van der Waals surface area contributed by atoms with Gasteiger partial charge in [-0.3, -0.25) is 4.79 Å². The molecule has 4 heteroatoms. The SMILES string of the molecule is CCOc1cc(N)cc(C(=O)NC2C3C4CCC(C4)C23)c1. The van der Waals surface area contributed by atoms with Crippen molar-refractivity contribution < 1.29 is 9.53 Å². The third-order valence-electron chi connectivity index (χ3n) is 5.54. The van der Waals surface area contributed by atoms with Crippen LogP contribution in [-0.2, 0) is 0 Å². The van der Waals surface area contributed by atoms with Gasteiger partial charge in [0.25, 0.3) is 5.91 Å². The molecule has 4 nitrogen and oxygen atoms in total. The first-order valence-corrected chi connectivity index (χ1v) is 8.01. The van der Waals surface area contributed by atoms with Crippen molar-refractivity contribution in [3.05, 3.63) is 23.8 Å². The van der Waals surface area contributed by atoms with Crippen molar-refractivity contribution in [3.8, 4) is 5.75 Å². The Hall–Kier alpha value is -1.71. The molecule has 0 aromatic heterocycles. The van der Waals surface area contributed by atoms with Gasteiger partial charge in [0.05, 0.1) is 6.61 Å². The van der Waals surface area contributed by atoms with Crippen LogP contribution in [0.2, 0.25) is 0 Å². The van der Waals surface area contributed by atoms with Gasteiger partial charge in [-0.2, -0.15) is 0 Å². The van der Waals surface area contributed by atoms with E-state index in [1.807, 2.05) is 6.92 Å². The summed E-state index contributed by atoms with van der Waals surface area (Å²) in [6.07, 6.45) is 4.13. The van der Waals surface area contributed by atoms with E-state index in [1.54, 1.807) is 18.2 Å². The van der Waals surface area contributed by atoms with E-state index in [0.29, 0.717) is 29.6 Å². The van der Waals surface area contributed by atoms with E-state index in [-0.39, 0.29) is 5.91 Å². The number of carbonyl (C=O) groups is 1. The Morgan fingerprint density at radius 1 is 1.29 bits per heavy atom. The molecule has 4 unspecified atom stereocenters. The highest BCUT2D eigenvalue weighted by Gasteiger charge is 2.65. The lowest BCUT2D eigenvalue weighted by Gasteiger charge is -2.12. The zero-order valence-electron chi connectivity index (χ0n) is 12.3. The Morgan fingerprint density at radius 2 is 2.00 bits per heavy atom. The fourth-order valence-corrected chi connectivity index (χ4v) is 4.76. The van der Waals surface area contributed by atoms with Crippen LogP contribution in [0.25, 0.3) is 0 Å². The van der Waals surface area contributed by atoms with E-state index in [4.69, 9.17) is 10.5 Å². The third-order valence-corrected chi connectivity index (χ3v) is 5.54. The maximum atomic E-state index is 12.4. The molecule has 3 N–H and O–H groups in total. The summed E-state index contributed by atoms with van der Waals surface area (Å²) in [5.41, 5.74) is 7.04. The number of benzene rings is 1. The lowest BCUT2D eigenvalue weighted by Crippen LogP contribution is -2.30. The van der Waals surface area contributed by atoms with Crippen molar-refractivity contribution in [1.29, 1.82) is 0 Å². The van der Waals surface area contributed by atoms with Crippen LogP contribution in [0.3, 0.4) is 0 Å². The van der Waals surface area contributed by atoms with Gasteiger partial charge >= 0.3 is 0 Å². The van der Waals surface area contributed by atoms with Crippen molar-refractivity contribution in [2.75, 3.05) is 12.3 Å². The van der Waals surface area contributed by atoms with E-state index in [9.17, 15) is 4.79 Å². The van der Waals surface area contributed by atoms with E-state index >= 15 is 0 Å². The van der Waals surface area contributed by atoms with Crippen molar-refractivity contribution >= 4 is 11.6 Å². The fraction of sp³-hybridized carbons (Fsp3) is 0.588. The van der Waals surface area contributed by atoms with Gasteiger partial charge in [0, 0.05) is 23.4 Å². The molecular formula is C17H22N2O2. The second kappa shape index (κ2) is 4.65. The summed E-state index contributed by atoms with van der Waals surface area (Å²) >= 11 is 0. The van der Waals surface area contributed by atoms with Gasteiger partial charge in [-0.25, -0.2) is 0 Å². The smallest absolute Gasteiger partial charge is 0.251 e. The highest BCUT2D eigenvalue weighted by Crippen LogP contribution is 2.65. The van der Waals surface area contributed by atoms with E-state index in [0.717, 1.165) is 23.7 Å². The fourth-order valence-electron chi connectivity index (χ4n) is 4.76. The van der Waals surface area contributed by atoms with Gasteiger partial charge in [-0.05, 0) is 62.0 Å². The summed E-state index contributed by atoms with van der Waals surface area (Å²) in [6.45, 7) is 2.49. The summed E-state index contributed by atoms with van der Waals surface area (Å²) in [4.78, 5) is 12.4. The maximum absolute atomic E-state index is 12.4. The van der Waals surface area contributed by atoms with Crippen LogP contribution in [0.15, 0.2) is 18.2 Å². The average Bonchev–Trinajstić information content (AvgIpc) is 2.83. The minimum absolute atomic E-state index is 0.0120. The molecule has 1 aromatic rings. The second-order valence-corrected chi connectivity index (χ2v) is 6.71. The van der Waals surface area contributed by atoms with E-state index in [2.05, 4.69) is 5.32 Å². The standard InChI is InChI=1S/C17H22N2O2/c1-2-21-13-7-11(6-12(18)8-13)17(20)19-16-14-9-3-4-10(5-9)15(14)16/h6-10,14-16H,2-5,18H2,1H3,(H,19,20). The lowest BCUT2D eigenvalue weighted by molar-refractivity contribution is 0.0944. The molecule has 3 saturated carbocycles. The molecule has 1 amide bonds. The molecule has 112 valence electrons. The number of anilines is 1. The normalized spacial score (nSPS) is 35.4. The molecule has 2 bridgehead atoms. The number of nitrogen functional groups attached to an aromatic ring is 1. The second-order valence-electron chi connectivity index (χ2n) is 6.71. The number of hydrogen-bond donors (Lipinski definition) is 2. The number of carbonyl (C=O) groups excluding carboxylic acids is 1. The largest absolute Gasteiger partial charge is 0.494 e. The topological polar surface area (TPSA) is 64.3 Å². The molecular weight excluding hydrogens is 264 g/mol. The molecule has 3 aliphatic rings. The number of hydrogen-bond acceptors (Lipinski definition) is 3. The third kappa shape index (κ3) is 2.08. The zero-order chi connectivity index (χ0) is 14.6. The van der Waals surface area contributed by atoms with Crippen molar-refractivity contribution in [3.63, 3.8) is 0 Å². The Kier molecular flexibility index (Phi) is 2.88. The molecule has 3 aliphatic carbocycles. The van der Waals surface area contributed by atoms with Crippen LogP contribution in [0, 0.1) is 23.7 Å². The van der Waals surface area contributed by atoms with Gasteiger partial charge in [-0.1, -0.05) is 0 Å². The molecule has 0 spiro atoms. The van der Waals surface area contributed by atoms with Crippen LogP contribution < -0.4 is 15.8 Å². The summed E-state index contributed by atoms with van der Waals surface area (Å²) in [5, 5.41) is 3.22. The molecule has 0 heterocycles. The lowest BCUT2D eigenvalue weighted by atomic mass is 10.0. The van der Waals surface area contributed by atoms with Crippen molar-refractivity contribution in [2.24, 2.45) is 23.7 Å². The minimum Gasteiger partial charge on any atom is -0.494 e. The number of fused-ring (bicyclic) bond motifs is 5. The number of rotatable bonds is 4. The zero-order valence-corrected chi connectivity index (χ0v) is 12.3. The molecule has 0 aliphatic heterocycles. The molecule has 3 fully saturated rings. The quantitative estimate of drug-likeness (QED) is 0.836. The highest BCUT2D eigenvalue weighted by atomic mass is 16.5. The summed E-state index contributed by atoms with van der Waals surface area (Å²) < 4.78 is 5.46. The van der Waals surface area contributed by atoms with Gasteiger partial charge in [0.2, 0.25) is 0 Å². The first-order valence-electron chi connectivity index (χ1n) is 8.01. The number of nitrogens with two attached hydrogens (primary N) is 1. The van der Waals surface area contributed by atoms with Crippen LogP contribution in [0.1, 0.15) is 36.5 Å². The van der Waals surface area contributed by atoms with Crippen LogP contribution >= 0.6 is 0 Å². The summed E-state index contributed by atoms with van der Waals surface area (Å²) in [6, 6.07) is 5.67. The van der Waals surface area contributed by atoms with Gasteiger partial charge in [0.1, 0.15) is 5.75 Å². The first kappa shape index (κ1) is 13.0. The Labute approximate surface area is 125 Å². The van der Waals surface area contributed by atoms with Gasteiger partial charge in [0.15, 0.2) is 0 Å². The summed E-state index contributed by atoms with van der Waals surface area (Å²) in [5.74, 6) is 3.89. The Bertz CT molecular complexity index is 570. The highest BCUT2D eigenvalue weighted by molar-refractivity contribution is 5.96. The summed E-state index contributed by atoms with van der Waals surface area (Å²) in [7, 11) is 0. The number of ether oxygens (including phenoxy) is 1. The monoisotopic (exact) mass is 286 g/mol.